The highest BCUT2D eigenvalue weighted by atomic mass is 35.5. The first-order valence-electron chi connectivity index (χ1n) is 4.40. The highest BCUT2D eigenvalue weighted by molar-refractivity contribution is 6.30. The highest BCUT2D eigenvalue weighted by Crippen LogP contribution is 2.28. The number of aliphatic hydroxyl groups is 1. The fourth-order valence-electron chi connectivity index (χ4n) is 1.61. The lowest BCUT2D eigenvalue weighted by Gasteiger charge is -2.00. The summed E-state index contributed by atoms with van der Waals surface area (Å²) in [6, 6.07) is 7.74. The van der Waals surface area contributed by atoms with Crippen molar-refractivity contribution in [1.29, 1.82) is 0 Å². The van der Waals surface area contributed by atoms with Gasteiger partial charge in [0.25, 0.3) is 0 Å². The standard InChI is InChI=1S/C11H11ClO/c12-10-4-1-8(2-5-10)9-3-6-11(13)7-9/h1-2,4-5,7,11,13H,3,6H2/t11-/m0/s1. The van der Waals surface area contributed by atoms with E-state index in [0.717, 1.165) is 17.9 Å². The second-order valence-electron chi connectivity index (χ2n) is 3.30. The van der Waals surface area contributed by atoms with Crippen LogP contribution in [-0.4, -0.2) is 11.2 Å². The van der Waals surface area contributed by atoms with Gasteiger partial charge >= 0.3 is 0 Å². The number of hydrogen-bond donors (Lipinski definition) is 1. The molecular weight excluding hydrogens is 184 g/mol. The summed E-state index contributed by atoms with van der Waals surface area (Å²) in [5, 5.41) is 10.1. The zero-order chi connectivity index (χ0) is 9.26. The normalized spacial score (nSPS) is 21.7. The van der Waals surface area contributed by atoms with Crippen LogP contribution in [0.1, 0.15) is 18.4 Å². The van der Waals surface area contributed by atoms with E-state index in [1.54, 1.807) is 0 Å². The molecule has 1 aliphatic rings. The minimum Gasteiger partial charge on any atom is -0.389 e. The molecule has 0 spiro atoms. The van der Waals surface area contributed by atoms with E-state index < -0.39 is 0 Å². The first-order valence-corrected chi connectivity index (χ1v) is 4.78. The lowest BCUT2D eigenvalue weighted by Crippen LogP contribution is -1.93. The van der Waals surface area contributed by atoms with Crippen LogP contribution < -0.4 is 0 Å². The van der Waals surface area contributed by atoms with E-state index in [1.807, 2.05) is 30.3 Å². The fraction of sp³-hybridized carbons (Fsp3) is 0.273. The summed E-state index contributed by atoms with van der Waals surface area (Å²) in [5.74, 6) is 0. The minimum atomic E-state index is -0.259. The Balaban J connectivity index is 2.26. The van der Waals surface area contributed by atoms with Crippen molar-refractivity contribution in [2.24, 2.45) is 0 Å². The third-order valence-corrected chi connectivity index (χ3v) is 2.57. The average molecular weight is 195 g/mol. The molecule has 68 valence electrons. The number of aliphatic hydroxyl groups excluding tert-OH is 1. The zero-order valence-electron chi connectivity index (χ0n) is 7.20. The molecule has 0 heterocycles. The average Bonchev–Trinajstić information content (AvgIpc) is 2.53. The number of rotatable bonds is 1. The summed E-state index contributed by atoms with van der Waals surface area (Å²) in [7, 11) is 0. The molecule has 0 saturated heterocycles. The molecule has 1 aromatic rings. The molecule has 0 saturated carbocycles. The zero-order valence-corrected chi connectivity index (χ0v) is 7.96. The van der Waals surface area contributed by atoms with Gasteiger partial charge in [-0.3, -0.25) is 0 Å². The third kappa shape index (κ3) is 1.93. The summed E-state index contributed by atoms with van der Waals surface area (Å²) < 4.78 is 0. The largest absolute Gasteiger partial charge is 0.389 e. The molecule has 0 bridgehead atoms. The van der Waals surface area contributed by atoms with Crippen LogP contribution in [0.2, 0.25) is 5.02 Å². The quantitative estimate of drug-likeness (QED) is 0.729. The Morgan fingerprint density at radius 1 is 1.23 bits per heavy atom. The Morgan fingerprint density at radius 2 is 1.92 bits per heavy atom. The van der Waals surface area contributed by atoms with Gasteiger partial charge in [-0.2, -0.15) is 0 Å². The van der Waals surface area contributed by atoms with Crippen molar-refractivity contribution in [1.82, 2.24) is 0 Å². The molecule has 1 atom stereocenters. The summed E-state index contributed by atoms with van der Waals surface area (Å²) in [6.45, 7) is 0. The van der Waals surface area contributed by atoms with E-state index in [1.165, 1.54) is 11.1 Å². The Hall–Kier alpha value is -0.790. The molecule has 0 fully saturated rings. The van der Waals surface area contributed by atoms with Crippen molar-refractivity contribution >= 4 is 17.2 Å². The monoisotopic (exact) mass is 194 g/mol. The van der Waals surface area contributed by atoms with Crippen LogP contribution in [0.5, 0.6) is 0 Å². The molecule has 0 amide bonds. The second-order valence-corrected chi connectivity index (χ2v) is 3.74. The molecule has 1 nitrogen and oxygen atoms in total. The lowest BCUT2D eigenvalue weighted by molar-refractivity contribution is 0.223. The van der Waals surface area contributed by atoms with E-state index in [0.29, 0.717) is 0 Å². The van der Waals surface area contributed by atoms with E-state index in [-0.39, 0.29) is 6.10 Å². The van der Waals surface area contributed by atoms with E-state index >= 15 is 0 Å². The molecule has 0 aromatic heterocycles. The van der Waals surface area contributed by atoms with Gasteiger partial charge in [0.05, 0.1) is 6.10 Å². The Kier molecular flexibility index (Phi) is 2.38. The smallest absolute Gasteiger partial charge is 0.0730 e. The first-order chi connectivity index (χ1) is 6.25. The van der Waals surface area contributed by atoms with Crippen molar-refractivity contribution in [3.8, 4) is 0 Å². The summed E-state index contributed by atoms with van der Waals surface area (Å²) in [6.07, 6.45) is 3.47. The maximum atomic E-state index is 9.31. The molecule has 2 heteroatoms. The van der Waals surface area contributed by atoms with Gasteiger partial charge in [-0.1, -0.05) is 29.8 Å². The molecular formula is C11H11ClO. The van der Waals surface area contributed by atoms with E-state index in [9.17, 15) is 5.11 Å². The molecule has 1 aromatic carbocycles. The number of hydrogen-bond acceptors (Lipinski definition) is 1. The van der Waals surface area contributed by atoms with Crippen LogP contribution in [0.4, 0.5) is 0 Å². The van der Waals surface area contributed by atoms with Crippen LogP contribution in [0.25, 0.3) is 5.57 Å². The van der Waals surface area contributed by atoms with Gasteiger partial charge < -0.3 is 5.11 Å². The van der Waals surface area contributed by atoms with Crippen LogP contribution >= 0.6 is 11.6 Å². The fourth-order valence-corrected chi connectivity index (χ4v) is 1.73. The number of benzene rings is 1. The third-order valence-electron chi connectivity index (χ3n) is 2.32. The van der Waals surface area contributed by atoms with Crippen LogP contribution in [0, 0.1) is 0 Å². The molecule has 1 aliphatic carbocycles. The van der Waals surface area contributed by atoms with Crippen molar-refractivity contribution in [2.45, 2.75) is 18.9 Å². The Bertz CT molecular complexity index is 326. The van der Waals surface area contributed by atoms with Gasteiger partial charge in [-0.15, -0.1) is 0 Å². The molecule has 0 unspecified atom stereocenters. The number of allylic oxidation sites excluding steroid dienone is 1. The van der Waals surface area contributed by atoms with E-state index in [4.69, 9.17) is 11.6 Å². The van der Waals surface area contributed by atoms with Crippen molar-refractivity contribution < 1.29 is 5.11 Å². The van der Waals surface area contributed by atoms with Crippen LogP contribution in [0.3, 0.4) is 0 Å². The van der Waals surface area contributed by atoms with Gasteiger partial charge in [0, 0.05) is 5.02 Å². The topological polar surface area (TPSA) is 20.2 Å². The Morgan fingerprint density at radius 3 is 2.46 bits per heavy atom. The predicted octanol–water partition coefficient (Wildman–Crippen LogP) is 2.88. The van der Waals surface area contributed by atoms with Crippen molar-refractivity contribution in [3.05, 3.63) is 40.9 Å². The van der Waals surface area contributed by atoms with Crippen molar-refractivity contribution in [2.75, 3.05) is 0 Å². The Labute approximate surface area is 82.7 Å². The summed E-state index contributed by atoms with van der Waals surface area (Å²) in [4.78, 5) is 0. The lowest BCUT2D eigenvalue weighted by atomic mass is 10.1. The van der Waals surface area contributed by atoms with Crippen LogP contribution in [-0.2, 0) is 0 Å². The van der Waals surface area contributed by atoms with Gasteiger partial charge in [-0.25, -0.2) is 0 Å². The van der Waals surface area contributed by atoms with E-state index in [2.05, 4.69) is 0 Å². The molecule has 13 heavy (non-hydrogen) atoms. The predicted molar refractivity (Wildman–Crippen MR) is 54.7 cm³/mol. The highest BCUT2D eigenvalue weighted by Gasteiger charge is 2.13. The second kappa shape index (κ2) is 3.52. The van der Waals surface area contributed by atoms with Crippen molar-refractivity contribution in [3.63, 3.8) is 0 Å². The molecule has 1 N–H and O–H groups in total. The summed E-state index contributed by atoms with van der Waals surface area (Å²) >= 11 is 5.78. The minimum absolute atomic E-state index is 0.259. The number of halogens is 1. The van der Waals surface area contributed by atoms with Gasteiger partial charge in [0.1, 0.15) is 0 Å². The van der Waals surface area contributed by atoms with Crippen LogP contribution in [0.15, 0.2) is 30.3 Å². The SMILES string of the molecule is O[C@@H]1C=C(c2ccc(Cl)cc2)CC1. The maximum Gasteiger partial charge on any atom is 0.0730 e. The van der Waals surface area contributed by atoms with Gasteiger partial charge in [-0.05, 0) is 36.1 Å². The molecule has 0 radical (unpaired) electrons. The first kappa shape index (κ1) is 8.79. The van der Waals surface area contributed by atoms with Gasteiger partial charge in [0.15, 0.2) is 0 Å². The van der Waals surface area contributed by atoms with Gasteiger partial charge in [0.2, 0.25) is 0 Å². The summed E-state index contributed by atoms with van der Waals surface area (Å²) in [5.41, 5.74) is 2.39. The molecule has 2 rings (SSSR count). The molecule has 0 aliphatic heterocycles. The maximum absolute atomic E-state index is 9.31.